The lowest BCUT2D eigenvalue weighted by atomic mass is 10.0. The van der Waals surface area contributed by atoms with Crippen LogP contribution >= 0.6 is 15.9 Å². The molecule has 1 aromatic heterocycles. The zero-order valence-corrected chi connectivity index (χ0v) is 13.0. The number of benzene rings is 1. The molecule has 0 spiro atoms. The number of aryl methyl sites for hydroxylation is 1. The lowest BCUT2D eigenvalue weighted by Gasteiger charge is -2.17. The largest absolute Gasteiger partial charge is 0.496 e. The fourth-order valence-corrected chi connectivity index (χ4v) is 2.53. The monoisotopic (exact) mass is 339 g/mol. The number of nitrogen functional groups attached to an aromatic ring is 1. The average molecular weight is 340 g/mol. The third-order valence-corrected chi connectivity index (χ3v) is 3.75. The molecule has 108 valence electrons. The van der Waals surface area contributed by atoms with Crippen LogP contribution in [-0.2, 0) is 13.5 Å². The zero-order chi connectivity index (χ0) is 14.7. The van der Waals surface area contributed by atoms with E-state index >= 15 is 0 Å². The van der Waals surface area contributed by atoms with Gasteiger partial charge >= 0.3 is 0 Å². The van der Waals surface area contributed by atoms with Crippen LogP contribution in [0.5, 0.6) is 5.75 Å². The number of hydrogen-bond acceptors (Lipinski definition) is 5. The van der Waals surface area contributed by atoms with Gasteiger partial charge in [0.15, 0.2) is 0 Å². The SMILES string of the molecule is COc1ccc(Br)cc1CC(NN)c1cnn(C)c1N. The summed E-state index contributed by atoms with van der Waals surface area (Å²) in [5.41, 5.74) is 10.7. The van der Waals surface area contributed by atoms with Crippen LogP contribution in [-0.4, -0.2) is 16.9 Å². The number of nitrogens with two attached hydrogens (primary N) is 2. The number of hydrogen-bond donors (Lipinski definition) is 3. The van der Waals surface area contributed by atoms with Crippen molar-refractivity contribution in [3.63, 3.8) is 0 Å². The molecule has 1 aromatic carbocycles. The summed E-state index contributed by atoms with van der Waals surface area (Å²) in [5, 5.41) is 4.14. The molecule has 20 heavy (non-hydrogen) atoms. The van der Waals surface area contributed by atoms with Gasteiger partial charge in [0.1, 0.15) is 11.6 Å². The molecule has 2 rings (SSSR count). The molecular formula is C13H18BrN5O. The van der Waals surface area contributed by atoms with E-state index in [0.29, 0.717) is 12.2 Å². The highest BCUT2D eigenvalue weighted by Gasteiger charge is 2.18. The number of nitrogens with zero attached hydrogens (tertiary/aromatic N) is 2. The van der Waals surface area contributed by atoms with Gasteiger partial charge in [-0.2, -0.15) is 5.10 Å². The number of anilines is 1. The minimum atomic E-state index is -0.133. The van der Waals surface area contributed by atoms with Crippen molar-refractivity contribution in [3.8, 4) is 5.75 Å². The lowest BCUT2D eigenvalue weighted by molar-refractivity contribution is 0.405. The topological polar surface area (TPSA) is 91.1 Å². The van der Waals surface area contributed by atoms with E-state index in [1.807, 2.05) is 18.2 Å². The number of aromatic nitrogens is 2. The fraction of sp³-hybridized carbons (Fsp3) is 0.308. The summed E-state index contributed by atoms with van der Waals surface area (Å²) in [7, 11) is 3.45. The van der Waals surface area contributed by atoms with Crippen LogP contribution in [0.15, 0.2) is 28.9 Å². The Bertz CT molecular complexity index is 598. The second-order valence-electron chi connectivity index (χ2n) is 4.49. The second kappa shape index (κ2) is 6.25. The van der Waals surface area contributed by atoms with Crippen molar-refractivity contribution in [3.05, 3.63) is 40.0 Å². The van der Waals surface area contributed by atoms with Crippen LogP contribution in [0.2, 0.25) is 0 Å². The molecular weight excluding hydrogens is 322 g/mol. The molecule has 0 saturated heterocycles. The summed E-state index contributed by atoms with van der Waals surface area (Å²) >= 11 is 3.46. The molecule has 0 saturated carbocycles. The van der Waals surface area contributed by atoms with Gasteiger partial charge in [0.25, 0.3) is 0 Å². The maximum atomic E-state index is 6.00. The first-order chi connectivity index (χ1) is 9.56. The molecule has 1 unspecified atom stereocenters. The summed E-state index contributed by atoms with van der Waals surface area (Å²) in [5.74, 6) is 7.08. The van der Waals surface area contributed by atoms with Crippen LogP contribution < -0.4 is 21.7 Å². The van der Waals surface area contributed by atoms with E-state index in [-0.39, 0.29) is 6.04 Å². The first kappa shape index (κ1) is 14.8. The van der Waals surface area contributed by atoms with Crippen LogP contribution in [0, 0.1) is 0 Å². The number of methoxy groups -OCH3 is 1. The molecule has 0 aliphatic rings. The van der Waals surface area contributed by atoms with Crippen LogP contribution in [0.4, 0.5) is 5.82 Å². The molecule has 6 nitrogen and oxygen atoms in total. The highest BCUT2D eigenvalue weighted by atomic mass is 79.9. The van der Waals surface area contributed by atoms with Gasteiger partial charge in [-0.25, -0.2) is 0 Å². The second-order valence-corrected chi connectivity index (χ2v) is 5.40. The lowest BCUT2D eigenvalue weighted by Crippen LogP contribution is -2.30. The normalized spacial score (nSPS) is 12.4. The Morgan fingerprint density at radius 3 is 2.80 bits per heavy atom. The summed E-state index contributed by atoms with van der Waals surface area (Å²) < 4.78 is 7.99. The van der Waals surface area contributed by atoms with Crippen molar-refractivity contribution in [1.82, 2.24) is 15.2 Å². The van der Waals surface area contributed by atoms with Gasteiger partial charge in [0, 0.05) is 17.1 Å². The average Bonchev–Trinajstić information content (AvgIpc) is 2.77. The Hall–Kier alpha value is -1.57. The zero-order valence-electron chi connectivity index (χ0n) is 11.4. The van der Waals surface area contributed by atoms with Crippen molar-refractivity contribution < 1.29 is 4.74 Å². The number of nitrogens with one attached hydrogen (secondary N) is 1. The molecule has 0 aliphatic heterocycles. The molecule has 2 aromatic rings. The minimum Gasteiger partial charge on any atom is -0.496 e. The predicted octanol–water partition coefficient (Wildman–Crippen LogP) is 1.52. The Kier molecular flexibility index (Phi) is 4.64. The van der Waals surface area contributed by atoms with E-state index in [1.54, 1.807) is 25.0 Å². The molecule has 0 radical (unpaired) electrons. The van der Waals surface area contributed by atoms with Gasteiger partial charge in [-0.1, -0.05) is 15.9 Å². The molecule has 0 bridgehead atoms. The first-order valence-electron chi connectivity index (χ1n) is 6.12. The molecule has 5 N–H and O–H groups in total. The van der Waals surface area contributed by atoms with E-state index < -0.39 is 0 Å². The van der Waals surface area contributed by atoms with E-state index in [0.717, 1.165) is 21.3 Å². The van der Waals surface area contributed by atoms with E-state index in [9.17, 15) is 0 Å². The predicted molar refractivity (Wildman–Crippen MR) is 82.1 cm³/mol. The Labute approximate surface area is 126 Å². The summed E-state index contributed by atoms with van der Waals surface area (Å²) in [4.78, 5) is 0. The molecule has 1 heterocycles. The quantitative estimate of drug-likeness (QED) is 0.567. The number of hydrazine groups is 1. The van der Waals surface area contributed by atoms with Gasteiger partial charge in [-0.3, -0.25) is 16.0 Å². The number of halogens is 1. The number of rotatable bonds is 5. The maximum absolute atomic E-state index is 6.00. The van der Waals surface area contributed by atoms with Crippen molar-refractivity contribution in [2.24, 2.45) is 12.9 Å². The third kappa shape index (κ3) is 2.95. The van der Waals surface area contributed by atoms with Gasteiger partial charge in [-0.05, 0) is 30.2 Å². The van der Waals surface area contributed by atoms with E-state index in [2.05, 4.69) is 26.5 Å². The van der Waals surface area contributed by atoms with Crippen LogP contribution in [0.1, 0.15) is 17.2 Å². The molecule has 0 fully saturated rings. The minimum absolute atomic E-state index is 0.133. The Morgan fingerprint density at radius 1 is 1.50 bits per heavy atom. The smallest absolute Gasteiger partial charge is 0.126 e. The molecule has 7 heteroatoms. The maximum Gasteiger partial charge on any atom is 0.126 e. The van der Waals surface area contributed by atoms with Gasteiger partial charge in [0.05, 0.1) is 19.3 Å². The Balaban J connectivity index is 2.31. The van der Waals surface area contributed by atoms with Gasteiger partial charge < -0.3 is 10.5 Å². The van der Waals surface area contributed by atoms with Gasteiger partial charge in [0.2, 0.25) is 0 Å². The summed E-state index contributed by atoms with van der Waals surface area (Å²) in [6.07, 6.45) is 2.37. The van der Waals surface area contributed by atoms with Crippen molar-refractivity contribution >= 4 is 21.7 Å². The summed E-state index contributed by atoms with van der Waals surface area (Å²) in [6.45, 7) is 0. The summed E-state index contributed by atoms with van der Waals surface area (Å²) in [6, 6.07) is 5.73. The molecule has 1 atom stereocenters. The highest BCUT2D eigenvalue weighted by Crippen LogP contribution is 2.29. The fourth-order valence-electron chi connectivity index (χ4n) is 2.12. The standard InChI is InChI=1S/C13H18BrN5O/c1-19-13(15)10(7-17-19)11(18-16)6-8-5-9(14)3-4-12(8)20-2/h3-5,7,11,18H,6,15-16H2,1-2H3. The van der Waals surface area contributed by atoms with E-state index in [4.69, 9.17) is 16.3 Å². The molecule has 0 aliphatic carbocycles. The first-order valence-corrected chi connectivity index (χ1v) is 6.92. The molecule has 0 amide bonds. The van der Waals surface area contributed by atoms with E-state index in [1.165, 1.54) is 0 Å². The van der Waals surface area contributed by atoms with Crippen LogP contribution in [0.3, 0.4) is 0 Å². The van der Waals surface area contributed by atoms with Crippen molar-refractivity contribution in [2.45, 2.75) is 12.5 Å². The van der Waals surface area contributed by atoms with Crippen molar-refractivity contribution in [2.75, 3.05) is 12.8 Å². The highest BCUT2D eigenvalue weighted by molar-refractivity contribution is 9.10. The third-order valence-electron chi connectivity index (χ3n) is 3.26. The van der Waals surface area contributed by atoms with Crippen LogP contribution in [0.25, 0.3) is 0 Å². The van der Waals surface area contributed by atoms with Crippen molar-refractivity contribution in [1.29, 1.82) is 0 Å². The Morgan fingerprint density at radius 2 is 2.25 bits per heavy atom. The van der Waals surface area contributed by atoms with Gasteiger partial charge in [-0.15, -0.1) is 0 Å². The number of ether oxygens (including phenoxy) is 1.